The van der Waals surface area contributed by atoms with Gasteiger partial charge in [-0.15, -0.1) is 11.3 Å². The van der Waals surface area contributed by atoms with Crippen LogP contribution in [0.15, 0.2) is 35.5 Å². The zero-order valence-corrected chi connectivity index (χ0v) is 11.4. The van der Waals surface area contributed by atoms with E-state index in [1.807, 2.05) is 17.5 Å². The molecular weight excluding hydrogens is 262 g/mol. The molecule has 2 aromatic rings. The number of rotatable bonds is 4. The average molecular weight is 275 g/mol. The predicted molar refractivity (Wildman–Crippen MR) is 75.4 cm³/mol. The molecular formula is C14H13NO3S. The normalized spacial score (nSPS) is 11.4. The van der Waals surface area contributed by atoms with Crippen LogP contribution in [0.1, 0.15) is 11.8 Å². The van der Waals surface area contributed by atoms with Crippen LogP contribution in [-0.4, -0.2) is 23.2 Å². The molecule has 0 aliphatic heterocycles. The van der Waals surface area contributed by atoms with Gasteiger partial charge in [-0.2, -0.15) is 0 Å². The van der Waals surface area contributed by atoms with Crippen molar-refractivity contribution in [3.63, 3.8) is 0 Å². The molecule has 0 amide bonds. The smallest absolute Gasteiger partial charge is 0.331 e. The number of ether oxygens (including phenoxy) is 1. The molecule has 0 unspecified atom stereocenters. The van der Waals surface area contributed by atoms with Crippen molar-refractivity contribution < 1.29 is 14.6 Å². The highest BCUT2D eigenvalue weighted by Crippen LogP contribution is 2.39. The van der Waals surface area contributed by atoms with Gasteiger partial charge < -0.3 is 9.84 Å². The lowest BCUT2D eigenvalue weighted by Gasteiger charge is -2.04. The first-order valence-electron chi connectivity index (χ1n) is 5.61. The van der Waals surface area contributed by atoms with E-state index in [0.29, 0.717) is 0 Å². The van der Waals surface area contributed by atoms with E-state index in [-0.39, 0.29) is 5.57 Å². The summed E-state index contributed by atoms with van der Waals surface area (Å²) in [6.45, 7) is 1.57. The van der Waals surface area contributed by atoms with Crippen LogP contribution in [0, 0.1) is 0 Å². The number of carbonyl (C=O) groups is 1. The van der Waals surface area contributed by atoms with Crippen LogP contribution >= 0.6 is 11.3 Å². The monoisotopic (exact) mass is 275 g/mol. The Hall–Kier alpha value is -2.14. The molecule has 2 aromatic heterocycles. The van der Waals surface area contributed by atoms with Crippen LogP contribution in [0.25, 0.3) is 17.2 Å². The fourth-order valence-corrected chi connectivity index (χ4v) is 2.70. The number of aromatic nitrogens is 1. The number of hydrogen-bond donors (Lipinski definition) is 1. The number of pyridine rings is 1. The van der Waals surface area contributed by atoms with Crippen LogP contribution in [0.4, 0.5) is 0 Å². The summed E-state index contributed by atoms with van der Waals surface area (Å²) in [5.74, 6) is -0.202. The number of thiophene rings is 1. The Kier molecular flexibility index (Phi) is 3.97. The van der Waals surface area contributed by atoms with Gasteiger partial charge in [-0.05, 0) is 19.1 Å². The first-order chi connectivity index (χ1) is 9.13. The molecule has 0 bridgehead atoms. The van der Waals surface area contributed by atoms with Gasteiger partial charge in [0.1, 0.15) is 5.75 Å². The Balaban J connectivity index is 2.56. The highest BCUT2D eigenvalue weighted by Gasteiger charge is 2.14. The SMILES string of the molecule is COc1csc(/C=C(\C)C(=O)O)c1-c1cccnc1. The molecule has 19 heavy (non-hydrogen) atoms. The van der Waals surface area contributed by atoms with Gasteiger partial charge in [0, 0.05) is 39.4 Å². The highest BCUT2D eigenvalue weighted by atomic mass is 32.1. The number of aliphatic carboxylic acids is 1. The molecule has 2 heterocycles. The second-order valence-electron chi connectivity index (χ2n) is 3.92. The van der Waals surface area contributed by atoms with E-state index >= 15 is 0 Å². The molecule has 0 spiro atoms. The molecule has 0 radical (unpaired) electrons. The lowest BCUT2D eigenvalue weighted by Crippen LogP contribution is -1.95. The third-order valence-electron chi connectivity index (χ3n) is 2.64. The van der Waals surface area contributed by atoms with E-state index < -0.39 is 5.97 Å². The Morgan fingerprint density at radius 2 is 2.32 bits per heavy atom. The van der Waals surface area contributed by atoms with Crippen molar-refractivity contribution in [2.24, 2.45) is 0 Å². The van der Waals surface area contributed by atoms with Crippen LogP contribution in [0.3, 0.4) is 0 Å². The maximum atomic E-state index is 10.9. The van der Waals surface area contributed by atoms with Crippen molar-refractivity contribution in [2.45, 2.75) is 6.92 Å². The summed E-state index contributed by atoms with van der Waals surface area (Å²) in [6.07, 6.45) is 5.08. The van der Waals surface area contributed by atoms with Crippen LogP contribution in [0.2, 0.25) is 0 Å². The fraction of sp³-hybridized carbons (Fsp3) is 0.143. The van der Waals surface area contributed by atoms with Gasteiger partial charge in [-0.1, -0.05) is 6.07 Å². The van der Waals surface area contributed by atoms with Crippen LogP contribution in [-0.2, 0) is 4.79 Å². The third-order valence-corrected chi connectivity index (χ3v) is 3.55. The summed E-state index contributed by atoms with van der Waals surface area (Å²) in [5, 5.41) is 10.8. The largest absolute Gasteiger partial charge is 0.495 e. The summed E-state index contributed by atoms with van der Waals surface area (Å²) >= 11 is 1.45. The van der Waals surface area contributed by atoms with Crippen LogP contribution in [0.5, 0.6) is 5.75 Å². The van der Waals surface area contributed by atoms with Gasteiger partial charge in [-0.3, -0.25) is 4.98 Å². The van der Waals surface area contributed by atoms with E-state index in [4.69, 9.17) is 9.84 Å². The maximum absolute atomic E-state index is 10.9. The Bertz CT molecular complexity index is 617. The van der Waals surface area contributed by atoms with Crippen molar-refractivity contribution in [3.8, 4) is 16.9 Å². The molecule has 0 fully saturated rings. The van der Waals surface area contributed by atoms with Gasteiger partial charge in [0.2, 0.25) is 0 Å². The molecule has 98 valence electrons. The molecule has 5 heteroatoms. The molecule has 4 nitrogen and oxygen atoms in total. The van der Waals surface area contributed by atoms with Gasteiger partial charge in [-0.25, -0.2) is 4.79 Å². The van der Waals surface area contributed by atoms with Gasteiger partial charge in [0.15, 0.2) is 0 Å². The Morgan fingerprint density at radius 3 is 2.89 bits per heavy atom. The number of nitrogens with zero attached hydrogens (tertiary/aromatic N) is 1. The van der Waals surface area contributed by atoms with Gasteiger partial charge in [0.05, 0.1) is 7.11 Å². The summed E-state index contributed by atoms with van der Waals surface area (Å²) in [4.78, 5) is 15.9. The lowest BCUT2D eigenvalue weighted by atomic mass is 10.1. The molecule has 0 aliphatic rings. The quantitative estimate of drug-likeness (QED) is 0.870. The van der Waals surface area contributed by atoms with Crippen molar-refractivity contribution in [1.82, 2.24) is 4.98 Å². The van der Waals surface area contributed by atoms with E-state index in [0.717, 1.165) is 21.8 Å². The van der Waals surface area contributed by atoms with E-state index in [1.54, 1.807) is 32.5 Å². The first kappa shape index (κ1) is 13.3. The number of carboxylic acids is 1. The Morgan fingerprint density at radius 1 is 1.53 bits per heavy atom. The standard InChI is InChI=1S/C14H13NO3S/c1-9(14(16)17)6-12-13(11(18-2)8-19-12)10-4-3-5-15-7-10/h3-8H,1-2H3,(H,16,17)/b9-6+. The van der Waals surface area contributed by atoms with Crippen molar-refractivity contribution >= 4 is 23.4 Å². The lowest BCUT2D eigenvalue weighted by molar-refractivity contribution is -0.132. The summed E-state index contributed by atoms with van der Waals surface area (Å²) < 4.78 is 5.33. The molecule has 0 saturated heterocycles. The number of methoxy groups -OCH3 is 1. The zero-order chi connectivity index (χ0) is 13.8. The van der Waals surface area contributed by atoms with Gasteiger partial charge in [0.25, 0.3) is 0 Å². The fourth-order valence-electron chi connectivity index (χ4n) is 1.67. The van der Waals surface area contributed by atoms with Gasteiger partial charge >= 0.3 is 5.97 Å². The number of hydrogen-bond acceptors (Lipinski definition) is 4. The van der Waals surface area contributed by atoms with E-state index in [1.165, 1.54) is 11.3 Å². The summed E-state index contributed by atoms with van der Waals surface area (Å²) in [6, 6.07) is 3.76. The number of carboxylic acid groups (broad SMARTS) is 1. The minimum atomic E-state index is -0.926. The minimum Gasteiger partial charge on any atom is -0.495 e. The van der Waals surface area contributed by atoms with Crippen molar-refractivity contribution in [1.29, 1.82) is 0 Å². The zero-order valence-electron chi connectivity index (χ0n) is 10.6. The Labute approximate surface area is 115 Å². The highest BCUT2D eigenvalue weighted by molar-refractivity contribution is 7.11. The predicted octanol–water partition coefficient (Wildman–Crippen LogP) is 3.31. The molecule has 1 N–H and O–H groups in total. The topological polar surface area (TPSA) is 59.4 Å². The molecule has 0 aromatic carbocycles. The third kappa shape index (κ3) is 2.82. The van der Waals surface area contributed by atoms with E-state index in [2.05, 4.69) is 4.98 Å². The van der Waals surface area contributed by atoms with Crippen LogP contribution < -0.4 is 4.74 Å². The summed E-state index contributed by atoms with van der Waals surface area (Å²) in [5.41, 5.74) is 2.07. The van der Waals surface area contributed by atoms with Crippen molar-refractivity contribution in [3.05, 3.63) is 40.4 Å². The second-order valence-corrected chi connectivity index (χ2v) is 4.83. The average Bonchev–Trinajstić information content (AvgIpc) is 2.82. The second kappa shape index (κ2) is 5.67. The maximum Gasteiger partial charge on any atom is 0.331 e. The van der Waals surface area contributed by atoms with Crippen molar-refractivity contribution in [2.75, 3.05) is 7.11 Å². The molecule has 0 aliphatic carbocycles. The minimum absolute atomic E-state index is 0.287. The molecule has 0 saturated carbocycles. The van der Waals surface area contributed by atoms with E-state index in [9.17, 15) is 4.79 Å². The first-order valence-corrected chi connectivity index (χ1v) is 6.49. The molecule has 0 atom stereocenters. The summed E-state index contributed by atoms with van der Waals surface area (Å²) in [7, 11) is 1.60. The molecule has 2 rings (SSSR count).